The van der Waals surface area contributed by atoms with E-state index >= 15 is 0 Å². The zero-order chi connectivity index (χ0) is 20.2. The number of fused-ring (bicyclic) bond motifs is 4. The molecule has 0 radical (unpaired) electrons. The first kappa shape index (κ1) is 16.9. The number of benzene rings is 1. The molecule has 1 aromatic carbocycles. The van der Waals surface area contributed by atoms with Crippen molar-refractivity contribution >= 4 is 5.65 Å². The minimum absolute atomic E-state index is 0.279. The molecule has 1 aliphatic rings. The highest BCUT2D eigenvalue weighted by Crippen LogP contribution is 2.39. The van der Waals surface area contributed by atoms with Crippen molar-refractivity contribution in [1.29, 1.82) is 0 Å². The van der Waals surface area contributed by atoms with E-state index in [2.05, 4.69) is 16.1 Å². The van der Waals surface area contributed by atoms with E-state index < -0.39 is 0 Å². The maximum absolute atomic E-state index is 9.91. The lowest BCUT2D eigenvalue weighted by atomic mass is 9.95. The molecule has 0 amide bonds. The molecular formula is C23H18N6O. The Balaban J connectivity index is 1.65. The SMILES string of the molecule is Cc1cccc(-c2nn3c(c2-c2ccc4ncnn4c2)CCc2cc(O)ccc2-3)n1. The Morgan fingerprint density at radius 3 is 2.87 bits per heavy atom. The molecule has 7 nitrogen and oxygen atoms in total. The average molecular weight is 394 g/mol. The summed E-state index contributed by atoms with van der Waals surface area (Å²) < 4.78 is 3.78. The molecule has 4 aromatic heterocycles. The van der Waals surface area contributed by atoms with E-state index in [1.807, 2.05) is 54.2 Å². The van der Waals surface area contributed by atoms with Crippen LogP contribution < -0.4 is 0 Å². The maximum Gasteiger partial charge on any atom is 0.155 e. The molecule has 0 spiro atoms. The average Bonchev–Trinajstić information content (AvgIpc) is 3.37. The Kier molecular flexibility index (Phi) is 3.52. The number of hydrogen-bond donors (Lipinski definition) is 1. The molecule has 0 atom stereocenters. The fraction of sp³-hybridized carbons (Fsp3) is 0.130. The smallest absolute Gasteiger partial charge is 0.155 e. The number of rotatable bonds is 2. The molecule has 146 valence electrons. The number of aryl methyl sites for hydroxylation is 2. The van der Waals surface area contributed by atoms with E-state index in [1.165, 1.54) is 0 Å². The summed E-state index contributed by atoms with van der Waals surface area (Å²) in [5.41, 5.74) is 8.73. The lowest BCUT2D eigenvalue weighted by molar-refractivity contribution is 0.474. The topological polar surface area (TPSA) is 81.1 Å². The van der Waals surface area contributed by atoms with Crippen LogP contribution in [0.5, 0.6) is 5.75 Å². The van der Waals surface area contributed by atoms with Gasteiger partial charge in [-0.15, -0.1) is 0 Å². The number of aromatic nitrogens is 6. The molecule has 0 bridgehead atoms. The molecule has 7 heteroatoms. The summed E-state index contributed by atoms with van der Waals surface area (Å²) in [4.78, 5) is 9.00. The van der Waals surface area contributed by atoms with Crippen LogP contribution in [0.1, 0.15) is 17.0 Å². The lowest BCUT2D eigenvalue weighted by Crippen LogP contribution is -2.13. The predicted molar refractivity (Wildman–Crippen MR) is 113 cm³/mol. The first-order valence-electron chi connectivity index (χ1n) is 9.85. The molecule has 6 rings (SSSR count). The van der Waals surface area contributed by atoms with Crippen molar-refractivity contribution in [3.8, 4) is 34.0 Å². The van der Waals surface area contributed by atoms with E-state index in [9.17, 15) is 5.11 Å². The van der Waals surface area contributed by atoms with Gasteiger partial charge in [-0.05, 0) is 67.8 Å². The third kappa shape index (κ3) is 2.52. The lowest BCUT2D eigenvalue weighted by Gasteiger charge is -2.19. The molecule has 5 heterocycles. The summed E-state index contributed by atoms with van der Waals surface area (Å²) in [7, 11) is 0. The molecule has 0 aliphatic carbocycles. The van der Waals surface area contributed by atoms with Crippen LogP contribution in [0.15, 0.2) is 61.1 Å². The van der Waals surface area contributed by atoms with Gasteiger partial charge in [0.1, 0.15) is 17.8 Å². The van der Waals surface area contributed by atoms with Crippen LogP contribution >= 0.6 is 0 Å². The number of hydrogen-bond acceptors (Lipinski definition) is 5. The molecule has 1 aliphatic heterocycles. The summed E-state index contributed by atoms with van der Waals surface area (Å²) in [5.74, 6) is 0.279. The molecule has 30 heavy (non-hydrogen) atoms. The standard InChI is InChI=1S/C23H18N6O/c1-14-3-2-4-18(26-14)23-22(16-6-10-21-24-13-25-28(21)12-16)20-8-5-15-11-17(30)7-9-19(15)29(20)27-23/h2-4,6-7,9-13,30H,5,8H2,1H3. The van der Waals surface area contributed by atoms with Crippen molar-refractivity contribution in [2.45, 2.75) is 19.8 Å². The van der Waals surface area contributed by atoms with Crippen molar-refractivity contribution in [1.82, 2.24) is 29.4 Å². The minimum Gasteiger partial charge on any atom is -0.508 e. The zero-order valence-corrected chi connectivity index (χ0v) is 16.3. The van der Waals surface area contributed by atoms with Gasteiger partial charge in [-0.25, -0.2) is 14.2 Å². The molecule has 0 saturated carbocycles. The summed E-state index contributed by atoms with van der Waals surface area (Å²) >= 11 is 0. The van der Waals surface area contributed by atoms with Crippen LogP contribution in [0.3, 0.4) is 0 Å². The van der Waals surface area contributed by atoms with E-state index in [1.54, 1.807) is 16.9 Å². The zero-order valence-electron chi connectivity index (χ0n) is 16.3. The number of aromatic hydroxyl groups is 1. The number of nitrogens with zero attached hydrogens (tertiary/aromatic N) is 6. The first-order valence-corrected chi connectivity index (χ1v) is 9.85. The Morgan fingerprint density at radius 1 is 1.03 bits per heavy atom. The molecular weight excluding hydrogens is 376 g/mol. The summed E-state index contributed by atoms with van der Waals surface area (Å²) in [6.45, 7) is 1.98. The molecule has 0 fully saturated rings. The van der Waals surface area contributed by atoms with Crippen LogP contribution in [0.4, 0.5) is 0 Å². The summed E-state index contributed by atoms with van der Waals surface area (Å²) in [5, 5.41) is 19.2. The number of pyridine rings is 2. The van der Waals surface area contributed by atoms with Crippen LogP contribution in [0.2, 0.25) is 0 Å². The van der Waals surface area contributed by atoms with Crippen LogP contribution in [0, 0.1) is 6.92 Å². The van der Waals surface area contributed by atoms with E-state index in [-0.39, 0.29) is 5.75 Å². The van der Waals surface area contributed by atoms with Crippen molar-refractivity contribution in [3.05, 3.63) is 78.0 Å². The molecule has 5 aromatic rings. The van der Waals surface area contributed by atoms with E-state index in [0.29, 0.717) is 0 Å². The third-order valence-corrected chi connectivity index (χ3v) is 5.60. The summed E-state index contributed by atoms with van der Waals surface area (Å²) in [6.07, 6.45) is 5.21. The predicted octanol–water partition coefficient (Wildman–Crippen LogP) is 3.76. The molecule has 1 N–H and O–H groups in total. The number of phenolic OH excluding ortho intramolecular Hbond substituents is 1. The van der Waals surface area contributed by atoms with Gasteiger partial charge in [-0.3, -0.25) is 4.98 Å². The quantitative estimate of drug-likeness (QED) is 0.493. The van der Waals surface area contributed by atoms with Gasteiger partial charge in [0.2, 0.25) is 0 Å². The largest absolute Gasteiger partial charge is 0.508 e. The van der Waals surface area contributed by atoms with Gasteiger partial charge in [0, 0.05) is 23.0 Å². The van der Waals surface area contributed by atoms with Gasteiger partial charge in [0.15, 0.2) is 5.65 Å². The summed E-state index contributed by atoms with van der Waals surface area (Å²) in [6, 6.07) is 15.5. The highest BCUT2D eigenvalue weighted by atomic mass is 16.3. The van der Waals surface area contributed by atoms with Gasteiger partial charge in [0.05, 0.1) is 17.1 Å². The van der Waals surface area contributed by atoms with E-state index in [0.717, 1.165) is 63.6 Å². The number of phenols is 1. The van der Waals surface area contributed by atoms with Gasteiger partial charge in [-0.2, -0.15) is 10.2 Å². The van der Waals surface area contributed by atoms with E-state index in [4.69, 9.17) is 10.1 Å². The van der Waals surface area contributed by atoms with Crippen LogP contribution in [-0.2, 0) is 12.8 Å². The Morgan fingerprint density at radius 2 is 1.97 bits per heavy atom. The highest BCUT2D eigenvalue weighted by Gasteiger charge is 2.26. The Labute approximate surface area is 172 Å². The molecule has 0 unspecified atom stereocenters. The third-order valence-electron chi connectivity index (χ3n) is 5.60. The van der Waals surface area contributed by atoms with Crippen molar-refractivity contribution in [2.24, 2.45) is 0 Å². The van der Waals surface area contributed by atoms with Gasteiger partial charge in [0.25, 0.3) is 0 Å². The van der Waals surface area contributed by atoms with Crippen molar-refractivity contribution in [3.63, 3.8) is 0 Å². The normalized spacial score (nSPS) is 12.7. The Hall–Kier alpha value is -4.00. The van der Waals surface area contributed by atoms with Gasteiger partial charge in [-0.1, -0.05) is 6.07 Å². The maximum atomic E-state index is 9.91. The van der Waals surface area contributed by atoms with Crippen LogP contribution in [-0.4, -0.2) is 34.5 Å². The second kappa shape index (κ2) is 6.25. The first-order chi connectivity index (χ1) is 14.7. The second-order valence-electron chi connectivity index (χ2n) is 7.54. The highest BCUT2D eigenvalue weighted by molar-refractivity contribution is 5.82. The monoisotopic (exact) mass is 394 g/mol. The van der Waals surface area contributed by atoms with Gasteiger partial charge >= 0.3 is 0 Å². The second-order valence-corrected chi connectivity index (χ2v) is 7.54. The minimum atomic E-state index is 0.279. The van der Waals surface area contributed by atoms with Gasteiger partial charge < -0.3 is 5.11 Å². The van der Waals surface area contributed by atoms with Crippen molar-refractivity contribution in [2.75, 3.05) is 0 Å². The van der Waals surface area contributed by atoms with Crippen LogP contribution in [0.25, 0.3) is 33.8 Å². The molecule has 0 saturated heterocycles. The fourth-order valence-electron chi connectivity index (χ4n) is 4.24. The fourth-order valence-corrected chi connectivity index (χ4v) is 4.24. The van der Waals surface area contributed by atoms with Crippen molar-refractivity contribution < 1.29 is 5.11 Å². The Bertz CT molecular complexity index is 1430.